The van der Waals surface area contributed by atoms with Gasteiger partial charge in [0, 0.05) is 31.4 Å². The van der Waals surface area contributed by atoms with Crippen molar-refractivity contribution in [2.24, 2.45) is 7.05 Å². The quantitative estimate of drug-likeness (QED) is 0.848. The first-order valence-electron chi connectivity index (χ1n) is 7.20. The van der Waals surface area contributed by atoms with Crippen molar-refractivity contribution in [1.82, 2.24) is 14.5 Å². The largest absolute Gasteiger partial charge is 0.377 e. The van der Waals surface area contributed by atoms with E-state index in [2.05, 4.69) is 9.97 Å². The number of halogens is 2. The van der Waals surface area contributed by atoms with E-state index < -0.39 is 18.5 Å². The topological polar surface area (TPSA) is 60.2 Å². The Hall–Kier alpha value is -2.35. The van der Waals surface area contributed by atoms with E-state index in [1.165, 1.54) is 22.9 Å². The maximum absolute atomic E-state index is 13.9. The summed E-state index contributed by atoms with van der Waals surface area (Å²) >= 11 is 0. The van der Waals surface area contributed by atoms with Crippen LogP contribution in [0.3, 0.4) is 0 Å². The fourth-order valence-corrected chi connectivity index (χ4v) is 2.55. The van der Waals surface area contributed by atoms with Crippen molar-refractivity contribution in [1.29, 1.82) is 0 Å². The predicted molar refractivity (Wildman–Crippen MR) is 80.6 cm³/mol. The van der Waals surface area contributed by atoms with E-state index in [1.807, 2.05) is 0 Å². The van der Waals surface area contributed by atoms with Gasteiger partial charge in [-0.15, -0.1) is 0 Å². The average Bonchev–Trinajstić information content (AvgIpc) is 2.58. The predicted octanol–water partition coefficient (Wildman–Crippen LogP) is 1.16. The number of anilines is 1. The molecule has 0 radical (unpaired) electrons. The van der Waals surface area contributed by atoms with Gasteiger partial charge < -0.3 is 9.64 Å². The summed E-state index contributed by atoms with van der Waals surface area (Å²) in [6.45, 7) is 0.432. The number of nitrogens with zero attached hydrogens (tertiary/aromatic N) is 4. The van der Waals surface area contributed by atoms with Crippen LogP contribution in [-0.4, -0.2) is 47.0 Å². The molecule has 0 bridgehead atoms. The molecular weight excluding hydrogens is 306 g/mol. The highest BCUT2D eigenvalue weighted by Crippen LogP contribution is 2.23. The maximum atomic E-state index is 13.9. The molecule has 0 N–H and O–H groups in total. The molecule has 0 amide bonds. The van der Waals surface area contributed by atoms with Crippen LogP contribution in [0.5, 0.6) is 0 Å². The molecule has 23 heavy (non-hydrogen) atoms. The first-order chi connectivity index (χ1) is 11.1. The summed E-state index contributed by atoms with van der Waals surface area (Å²) in [6.07, 6.45) is 2.49. The second kappa shape index (κ2) is 6.41. The van der Waals surface area contributed by atoms with Gasteiger partial charge in [-0.25, -0.2) is 13.8 Å². The Morgan fingerprint density at radius 2 is 2.30 bits per heavy atom. The molecule has 0 spiro atoms. The summed E-state index contributed by atoms with van der Waals surface area (Å²) < 4.78 is 33.7. The molecule has 2 aromatic rings. The minimum Gasteiger partial charge on any atom is -0.377 e. The van der Waals surface area contributed by atoms with Gasteiger partial charge in [0.05, 0.1) is 31.1 Å². The molecule has 3 heterocycles. The van der Waals surface area contributed by atoms with Gasteiger partial charge in [0.15, 0.2) is 5.82 Å². The Balaban J connectivity index is 2.11. The van der Waals surface area contributed by atoms with Gasteiger partial charge in [-0.2, -0.15) is 0 Å². The van der Waals surface area contributed by atoms with Crippen molar-refractivity contribution >= 4 is 5.95 Å². The highest BCUT2D eigenvalue weighted by molar-refractivity contribution is 5.60. The van der Waals surface area contributed by atoms with Gasteiger partial charge in [-0.05, 0) is 6.07 Å². The zero-order valence-corrected chi connectivity index (χ0v) is 12.6. The number of ether oxygens (including phenoxy) is 1. The van der Waals surface area contributed by atoms with Gasteiger partial charge in [-0.1, -0.05) is 0 Å². The number of rotatable bonds is 3. The molecule has 122 valence electrons. The van der Waals surface area contributed by atoms with Crippen molar-refractivity contribution in [3.63, 3.8) is 0 Å². The second-order valence-electron chi connectivity index (χ2n) is 5.27. The summed E-state index contributed by atoms with van der Waals surface area (Å²) in [5, 5.41) is 0. The molecular formula is C15H16F2N4O2. The lowest BCUT2D eigenvalue weighted by molar-refractivity contribution is 0.0846. The molecule has 1 fully saturated rings. The van der Waals surface area contributed by atoms with E-state index >= 15 is 0 Å². The van der Waals surface area contributed by atoms with Crippen LogP contribution in [0.25, 0.3) is 11.3 Å². The van der Waals surface area contributed by atoms with Crippen LogP contribution in [0, 0.1) is 5.82 Å². The second-order valence-corrected chi connectivity index (χ2v) is 5.27. The molecule has 1 unspecified atom stereocenters. The molecule has 1 aliphatic rings. The molecule has 0 aliphatic carbocycles. The molecule has 8 heteroatoms. The zero-order valence-electron chi connectivity index (χ0n) is 12.6. The van der Waals surface area contributed by atoms with Crippen molar-refractivity contribution in [3.05, 3.63) is 40.7 Å². The van der Waals surface area contributed by atoms with Crippen LogP contribution in [-0.2, 0) is 11.8 Å². The third kappa shape index (κ3) is 2.94. The fourth-order valence-electron chi connectivity index (χ4n) is 2.55. The smallest absolute Gasteiger partial charge is 0.255 e. The lowest BCUT2D eigenvalue weighted by Gasteiger charge is -2.35. The monoisotopic (exact) mass is 322 g/mol. The van der Waals surface area contributed by atoms with E-state index in [9.17, 15) is 13.6 Å². The number of hydrogen-bond donors (Lipinski definition) is 0. The van der Waals surface area contributed by atoms with Crippen LogP contribution >= 0.6 is 0 Å². The fraction of sp³-hybridized carbons (Fsp3) is 0.400. The molecule has 6 nitrogen and oxygen atoms in total. The number of alkyl halides is 1. The number of aromatic nitrogens is 3. The Bertz CT molecular complexity index is 765. The third-order valence-corrected chi connectivity index (χ3v) is 3.82. The minimum atomic E-state index is -0.621. The summed E-state index contributed by atoms with van der Waals surface area (Å²) in [5.74, 6) is -0.266. The molecule has 1 saturated heterocycles. The first-order valence-corrected chi connectivity index (χ1v) is 7.20. The van der Waals surface area contributed by atoms with Crippen molar-refractivity contribution in [2.75, 3.05) is 31.3 Å². The summed E-state index contributed by atoms with van der Waals surface area (Å²) in [4.78, 5) is 22.0. The standard InChI is InChI=1S/C15H16F2N4O2/c1-20-14(22)6-13(11-2-3-18-8-12(11)17)19-15(20)21-4-5-23-9-10(21)7-16/h2-3,6,8,10H,4-5,7,9H2,1H3. The van der Waals surface area contributed by atoms with Gasteiger partial charge in [0.1, 0.15) is 6.67 Å². The molecule has 0 saturated carbocycles. The highest BCUT2D eigenvalue weighted by Gasteiger charge is 2.27. The van der Waals surface area contributed by atoms with Crippen LogP contribution in [0.1, 0.15) is 0 Å². The average molecular weight is 322 g/mol. The molecule has 2 aromatic heterocycles. The number of hydrogen-bond acceptors (Lipinski definition) is 5. The minimum absolute atomic E-state index is 0.184. The van der Waals surface area contributed by atoms with Crippen LogP contribution < -0.4 is 10.5 Å². The number of morpholine rings is 1. The van der Waals surface area contributed by atoms with Crippen LogP contribution in [0.15, 0.2) is 29.3 Å². The van der Waals surface area contributed by atoms with Gasteiger partial charge in [0.2, 0.25) is 5.95 Å². The Morgan fingerprint density at radius 3 is 3.04 bits per heavy atom. The van der Waals surface area contributed by atoms with E-state index in [-0.39, 0.29) is 23.4 Å². The molecule has 1 aliphatic heterocycles. The molecule has 3 rings (SSSR count). The van der Waals surface area contributed by atoms with E-state index in [4.69, 9.17) is 4.74 Å². The number of pyridine rings is 1. The first kappa shape index (κ1) is 15.5. The molecule has 1 atom stereocenters. The van der Waals surface area contributed by atoms with Crippen molar-refractivity contribution < 1.29 is 13.5 Å². The van der Waals surface area contributed by atoms with Crippen molar-refractivity contribution in [2.45, 2.75) is 6.04 Å². The van der Waals surface area contributed by atoms with Crippen LogP contribution in [0.4, 0.5) is 14.7 Å². The lowest BCUT2D eigenvalue weighted by atomic mass is 10.2. The SMILES string of the molecule is Cn1c(N2CCOCC2CF)nc(-c2ccncc2F)cc1=O. The van der Waals surface area contributed by atoms with Gasteiger partial charge >= 0.3 is 0 Å². The van der Waals surface area contributed by atoms with Gasteiger partial charge in [-0.3, -0.25) is 14.3 Å². The van der Waals surface area contributed by atoms with Crippen molar-refractivity contribution in [3.8, 4) is 11.3 Å². The van der Waals surface area contributed by atoms with E-state index in [0.717, 1.165) is 6.20 Å². The van der Waals surface area contributed by atoms with E-state index in [0.29, 0.717) is 19.1 Å². The molecule has 0 aromatic carbocycles. The third-order valence-electron chi connectivity index (χ3n) is 3.82. The Morgan fingerprint density at radius 1 is 1.48 bits per heavy atom. The van der Waals surface area contributed by atoms with Gasteiger partial charge in [0.25, 0.3) is 5.56 Å². The summed E-state index contributed by atoms with van der Waals surface area (Å²) in [7, 11) is 1.56. The Labute approximate surface area is 131 Å². The normalized spacial score (nSPS) is 18.2. The lowest BCUT2D eigenvalue weighted by Crippen LogP contribution is -2.49. The maximum Gasteiger partial charge on any atom is 0.255 e. The summed E-state index contributed by atoms with van der Waals surface area (Å²) in [6, 6.07) is 2.19. The zero-order chi connectivity index (χ0) is 16.4. The van der Waals surface area contributed by atoms with E-state index in [1.54, 1.807) is 11.9 Å². The highest BCUT2D eigenvalue weighted by atomic mass is 19.1. The summed E-state index contributed by atoms with van der Waals surface area (Å²) in [5.41, 5.74) is 0.0430. The Kier molecular flexibility index (Phi) is 4.33. The van der Waals surface area contributed by atoms with Crippen LogP contribution in [0.2, 0.25) is 0 Å².